The minimum atomic E-state index is -0.269. The van der Waals surface area contributed by atoms with Gasteiger partial charge < -0.3 is 4.42 Å². The summed E-state index contributed by atoms with van der Waals surface area (Å²) in [6, 6.07) is 7.26. The zero-order valence-electron chi connectivity index (χ0n) is 9.78. The van der Waals surface area contributed by atoms with Gasteiger partial charge in [0, 0.05) is 0 Å². The number of aromatic nitrogens is 1. The Morgan fingerprint density at radius 2 is 1.94 bits per heavy atom. The topological polar surface area (TPSA) is 43.1 Å². The molecule has 1 aliphatic carbocycles. The second-order valence-electron chi connectivity index (χ2n) is 4.42. The molecule has 0 fully saturated rings. The van der Waals surface area contributed by atoms with Crippen LogP contribution >= 0.6 is 11.6 Å². The minimum Gasteiger partial charge on any atom is -0.403 e. The maximum Gasteiger partial charge on any atom is 0.342 e. The van der Waals surface area contributed by atoms with Crippen molar-refractivity contribution in [3.63, 3.8) is 0 Å². The van der Waals surface area contributed by atoms with Crippen LogP contribution < -0.4 is 5.63 Å². The van der Waals surface area contributed by atoms with Gasteiger partial charge in [0.15, 0.2) is 0 Å². The van der Waals surface area contributed by atoms with Gasteiger partial charge in [-0.05, 0) is 37.8 Å². The van der Waals surface area contributed by atoms with Gasteiger partial charge >= 0.3 is 5.63 Å². The lowest BCUT2D eigenvalue weighted by molar-refractivity contribution is 0.478. The van der Waals surface area contributed by atoms with Crippen LogP contribution in [0, 0.1) is 0 Å². The van der Waals surface area contributed by atoms with Crippen molar-refractivity contribution >= 4 is 11.6 Å². The van der Waals surface area contributed by atoms with E-state index in [2.05, 4.69) is 4.98 Å². The number of aryl methyl sites for hydroxylation is 1. The first-order valence-corrected chi connectivity index (χ1v) is 6.41. The fourth-order valence-corrected chi connectivity index (χ4v) is 2.49. The van der Waals surface area contributed by atoms with Crippen LogP contribution in [0.4, 0.5) is 0 Å². The molecule has 0 spiro atoms. The zero-order chi connectivity index (χ0) is 12.5. The van der Waals surface area contributed by atoms with Crippen molar-refractivity contribution in [2.75, 3.05) is 0 Å². The quantitative estimate of drug-likeness (QED) is 0.792. The number of nitrogens with zero attached hydrogens (tertiary/aromatic N) is 1. The first-order chi connectivity index (χ1) is 8.75. The normalized spacial score (nSPS) is 14.3. The summed E-state index contributed by atoms with van der Waals surface area (Å²) < 4.78 is 5.29. The third-order valence-electron chi connectivity index (χ3n) is 3.22. The maximum atomic E-state index is 11.9. The number of fused-ring (bicyclic) bond motifs is 1. The van der Waals surface area contributed by atoms with Crippen molar-refractivity contribution < 1.29 is 4.42 Å². The van der Waals surface area contributed by atoms with Gasteiger partial charge in [-0.2, -0.15) is 0 Å². The predicted octanol–water partition coefficient (Wildman–Crippen LogP) is 3.23. The maximum absolute atomic E-state index is 11.9. The summed E-state index contributed by atoms with van der Waals surface area (Å²) >= 11 is 6.09. The van der Waals surface area contributed by atoms with E-state index in [1.54, 1.807) is 6.07 Å². The summed E-state index contributed by atoms with van der Waals surface area (Å²) in [5.41, 5.74) is 2.00. The molecule has 0 radical (unpaired) electrons. The fourth-order valence-electron chi connectivity index (χ4n) is 2.28. The highest BCUT2D eigenvalue weighted by molar-refractivity contribution is 6.33. The second-order valence-corrected chi connectivity index (χ2v) is 4.83. The molecule has 0 atom stereocenters. The highest BCUT2D eigenvalue weighted by Crippen LogP contribution is 2.27. The lowest BCUT2D eigenvalue weighted by Gasteiger charge is -2.13. The van der Waals surface area contributed by atoms with E-state index in [1.165, 1.54) is 0 Å². The molecule has 0 N–H and O–H groups in total. The smallest absolute Gasteiger partial charge is 0.342 e. The van der Waals surface area contributed by atoms with Crippen molar-refractivity contribution in [2.24, 2.45) is 0 Å². The Morgan fingerprint density at radius 1 is 1.17 bits per heavy atom. The lowest BCUT2D eigenvalue weighted by Crippen LogP contribution is -2.17. The molecule has 1 aromatic carbocycles. The van der Waals surface area contributed by atoms with Gasteiger partial charge in [0.25, 0.3) is 0 Å². The molecule has 1 aliphatic rings. The van der Waals surface area contributed by atoms with Crippen molar-refractivity contribution in [2.45, 2.75) is 25.7 Å². The van der Waals surface area contributed by atoms with Gasteiger partial charge in [-0.25, -0.2) is 9.78 Å². The molecule has 0 unspecified atom stereocenters. The van der Waals surface area contributed by atoms with Crippen LogP contribution in [0.5, 0.6) is 0 Å². The van der Waals surface area contributed by atoms with Crippen molar-refractivity contribution in [1.82, 2.24) is 4.98 Å². The van der Waals surface area contributed by atoms with Gasteiger partial charge in [0.05, 0.1) is 21.8 Å². The highest BCUT2D eigenvalue weighted by atomic mass is 35.5. The van der Waals surface area contributed by atoms with E-state index in [0.29, 0.717) is 16.5 Å². The average molecular weight is 262 g/mol. The summed E-state index contributed by atoms with van der Waals surface area (Å²) in [4.78, 5) is 16.4. The van der Waals surface area contributed by atoms with E-state index in [9.17, 15) is 4.79 Å². The van der Waals surface area contributed by atoms with Crippen LogP contribution in [0.2, 0.25) is 5.02 Å². The Kier molecular flexibility index (Phi) is 2.92. The second kappa shape index (κ2) is 4.58. The monoisotopic (exact) mass is 261 g/mol. The van der Waals surface area contributed by atoms with E-state index in [-0.39, 0.29) is 5.63 Å². The van der Waals surface area contributed by atoms with E-state index in [0.717, 1.165) is 36.9 Å². The van der Waals surface area contributed by atoms with Crippen molar-refractivity contribution in [1.29, 1.82) is 0 Å². The molecule has 0 saturated heterocycles. The Bertz CT molecular complexity index is 648. The standard InChI is InChI=1S/C14H12ClNO2/c15-11-7-3-1-5-9(11)13-16-12-8-4-2-6-10(12)14(17)18-13/h1,3,5,7H,2,4,6,8H2. The summed E-state index contributed by atoms with van der Waals surface area (Å²) in [7, 11) is 0. The molecule has 0 aliphatic heterocycles. The van der Waals surface area contributed by atoms with Gasteiger partial charge in [-0.1, -0.05) is 23.7 Å². The first kappa shape index (κ1) is 11.5. The molecule has 18 heavy (non-hydrogen) atoms. The molecule has 0 saturated carbocycles. The molecule has 2 aromatic rings. The number of hydrogen-bond acceptors (Lipinski definition) is 3. The predicted molar refractivity (Wildman–Crippen MR) is 69.9 cm³/mol. The molecule has 1 aromatic heterocycles. The Labute approximate surface area is 109 Å². The average Bonchev–Trinajstić information content (AvgIpc) is 2.39. The number of halogens is 1. The number of rotatable bonds is 1. The number of benzene rings is 1. The van der Waals surface area contributed by atoms with Crippen molar-refractivity contribution in [3.05, 3.63) is 51.0 Å². The largest absolute Gasteiger partial charge is 0.403 e. The van der Waals surface area contributed by atoms with Gasteiger partial charge in [0.1, 0.15) is 0 Å². The SMILES string of the molecule is O=c1oc(-c2ccccc2Cl)nc2c1CCCC2. The van der Waals surface area contributed by atoms with Gasteiger partial charge in [-0.15, -0.1) is 0 Å². The van der Waals surface area contributed by atoms with E-state index < -0.39 is 0 Å². The third-order valence-corrected chi connectivity index (χ3v) is 3.54. The molecular weight excluding hydrogens is 250 g/mol. The first-order valence-electron chi connectivity index (χ1n) is 6.03. The van der Waals surface area contributed by atoms with Crippen LogP contribution in [0.1, 0.15) is 24.1 Å². The van der Waals surface area contributed by atoms with Crippen molar-refractivity contribution in [3.8, 4) is 11.5 Å². The lowest BCUT2D eigenvalue weighted by atomic mass is 9.97. The van der Waals surface area contributed by atoms with Crippen LogP contribution in [0.15, 0.2) is 33.5 Å². The highest BCUT2D eigenvalue weighted by Gasteiger charge is 2.18. The molecule has 3 nitrogen and oxygen atoms in total. The van der Waals surface area contributed by atoms with Crippen LogP contribution in [0.25, 0.3) is 11.5 Å². The summed E-state index contributed by atoms with van der Waals surface area (Å²) in [5.74, 6) is 0.325. The fraction of sp³-hybridized carbons (Fsp3) is 0.286. The molecular formula is C14H12ClNO2. The van der Waals surface area contributed by atoms with E-state index in [1.807, 2.05) is 18.2 Å². The number of hydrogen-bond donors (Lipinski definition) is 0. The molecule has 0 bridgehead atoms. The molecule has 0 amide bonds. The van der Waals surface area contributed by atoms with Crippen LogP contribution in [-0.2, 0) is 12.8 Å². The Balaban J connectivity index is 2.17. The van der Waals surface area contributed by atoms with Gasteiger partial charge in [0.2, 0.25) is 5.89 Å². The molecule has 92 valence electrons. The molecule has 4 heteroatoms. The van der Waals surface area contributed by atoms with E-state index in [4.69, 9.17) is 16.0 Å². The molecule has 1 heterocycles. The Hall–Kier alpha value is -1.61. The summed E-state index contributed by atoms with van der Waals surface area (Å²) in [6.07, 6.45) is 3.72. The van der Waals surface area contributed by atoms with E-state index >= 15 is 0 Å². The zero-order valence-corrected chi connectivity index (χ0v) is 10.5. The third kappa shape index (κ3) is 1.95. The Morgan fingerprint density at radius 3 is 2.78 bits per heavy atom. The molecule has 3 rings (SSSR count). The van der Waals surface area contributed by atoms with Crippen LogP contribution in [0.3, 0.4) is 0 Å². The minimum absolute atomic E-state index is 0.269. The summed E-state index contributed by atoms with van der Waals surface area (Å²) in [5, 5.41) is 0.545. The summed E-state index contributed by atoms with van der Waals surface area (Å²) in [6.45, 7) is 0. The van der Waals surface area contributed by atoms with Gasteiger partial charge in [-0.3, -0.25) is 0 Å². The van der Waals surface area contributed by atoms with Crippen LogP contribution in [-0.4, -0.2) is 4.98 Å².